The fourth-order valence-electron chi connectivity index (χ4n) is 2.83. The smallest absolute Gasteiger partial charge is 0.338 e. The van der Waals surface area contributed by atoms with Gasteiger partial charge in [0.2, 0.25) is 0 Å². The van der Waals surface area contributed by atoms with Crippen LogP contribution in [0.25, 0.3) is 5.57 Å². The molecule has 2 aromatic carbocycles. The first-order valence-corrected chi connectivity index (χ1v) is 8.91. The largest absolute Gasteiger partial charge is 0.459 e. The summed E-state index contributed by atoms with van der Waals surface area (Å²) in [6, 6.07) is 17.4. The van der Waals surface area contributed by atoms with Gasteiger partial charge in [0.05, 0.1) is 32.0 Å². The summed E-state index contributed by atoms with van der Waals surface area (Å²) in [5, 5.41) is 0. The monoisotopic (exact) mass is 352 g/mol. The van der Waals surface area contributed by atoms with E-state index in [0.29, 0.717) is 32.0 Å². The Labute approximate surface area is 154 Å². The Morgan fingerprint density at radius 3 is 2.54 bits per heavy atom. The van der Waals surface area contributed by atoms with Crippen LogP contribution in [0, 0.1) is 0 Å². The van der Waals surface area contributed by atoms with Crippen LogP contribution in [0.3, 0.4) is 0 Å². The van der Waals surface area contributed by atoms with Crippen molar-refractivity contribution in [1.82, 2.24) is 0 Å². The minimum absolute atomic E-state index is 0.0580. The van der Waals surface area contributed by atoms with Gasteiger partial charge in [-0.05, 0) is 28.8 Å². The lowest BCUT2D eigenvalue weighted by atomic mass is 10.0. The molecule has 26 heavy (non-hydrogen) atoms. The van der Waals surface area contributed by atoms with Gasteiger partial charge in [-0.25, -0.2) is 4.79 Å². The Balaban J connectivity index is 1.53. The highest BCUT2D eigenvalue weighted by molar-refractivity contribution is 5.90. The van der Waals surface area contributed by atoms with Crippen molar-refractivity contribution in [3.05, 3.63) is 77.9 Å². The van der Waals surface area contributed by atoms with Crippen molar-refractivity contribution < 1.29 is 19.0 Å². The molecule has 3 rings (SSSR count). The fraction of sp³-hybridized carbons (Fsp3) is 0.318. The second-order valence-corrected chi connectivity index (χ2v) is 6.38. The molecule has 0 aliphatic carbocycles. The lowest BCUT2D eigenvalue weighted by Crippen LogP contribution is -2.26. The van der Waals surface area contributed by atoms with Gasteiger partial charge >= 0.3 is 5.97 Å². The second kappa shape index (κ2) is 9.32. The van der Waals surface area contributed by atoms with Crippen LogP contribution in [0.2, 0.25) is 0 Å². The summed E-state index contributed by atoms with van der Waals surface area (Å²) in [4.78, 5) is 12.4. The van der Waals surface area contributed by atoms with E-state index in [2.05, 4.69) is 6.58 Å². The molecular weight excluding hydrogens is 328 g/mol. The van der Waals surface area contributed by atoms with Crippen molar-refractivity contribution in [2.45, 2.75) is 25.6 Å². The molecule has 2 aromatic rings. The van der Waals surface area contributed by atoms with E-state index in [0.717, 1.165) is 29.5 Å². The van der Waals surface area contributed by atoms with Gasteiger partial charge in [0.15, 0.2) is 0 Å². The van der Waals surface area contributed by atoms with Crippen molar-refractivity contribution >= 4 is 11.5 Å². The van der Waals surface area contributed by atoms with Gasteiger partial charge < -0.3 is 14.2 Å². The predicted molar refractivity (Wildman–Crippen MR) is 101 cm³/mol. The standard InChI is InChI=1S/C22H24O4/c1-17(15-25-16-18-6-3-2-4-7-18)19-8-5-9-20(14-19)22(23)26-21-10-12-24-13-11-21/h2-9,14,21H,1,10-13,15-16H2. The number of hydrogen-bond donors (Lipinski definition) is 0. The van der Waals surface area contributed by atoms with Crippen molar-refractivity contribution in [3.63, 3.8) is 0 Å². The summed E-state index contributed by atoms with van der Waals surface area (Å²) in [5.74, 6) is -0.295. The highest BCUT2D eigenvalue weighted by atomic mass is 16.6. The second-order valence-electron chi connectivity index (χ2n) is 6.38. The highest BCUT2D eigenvalue weighted by Crippen LogP contribution is 2.18. The fourth-order valence-corrected chi connectivity index (χ4v) is 2.83. The highest BCUT2D eigenvalue weighted by Gasteiger charge is 2.19. The minimum Gasteiger partial charge on any atom is -0.459 e. The number of carbonyl (C=O) groups excluding carboxylic acids is 1. The maximum atomic E-state index is 12.4. The zero-order valence-corrected chi connectivity index (χ0v) is 14.9. The Bertz CT molecular complexity index is 733. The molecule has 136 valence electrons. The molecule has 1 aliphatic heterocycles. The van der Waals surface area contributed by atoms with E-state index < -0.39 is 0 Å². The number of hydrogen-bond acceptors (Lipinski definition) is 4. The van der Waals surface area contributed by atoms with Crippen LogP contribution in [0.15, 0.2) is 61.2 Å². The van der Waals surface area contributed by atoms with Gasteiger partial charge in [0.1, 0.15) is 6.10 Å². The first-order chi connectivity index (χ1) is 12.7. The van der Waals surface area contributed by atoms with E-state index in [-0.39, 0.29) is 12.1 Å². The van der Waals surface area contributed by atoms with Crippen LogP contribution < -0.4 is 0 Å². The van der Waals surface area contributed by atoms with E-state index >= 15 is 0 Å². The van der Waals surface area contributed by atoms with Crippen molar-refractivity contribution in [2.75, 3.05) is 19.8 Å². The Morgan fingerprint density at radius 2 is 1.77 bits per heavy atom. The molecular formula is C22H24O4. The zero-order valence-electron chi connectivity index (χ0n) is 14.9. The van der Waals surface area contributed by atoms with Crippen LogP contribution >= 0.6 is 0 Å². The van der Waals surface area contributed by atoms with Gasteiger partial charge in [-0.2, -0.15) is 0 Å². The van der Waals surface area contributed by atoms with Crippen molar-refractivity contribution in [3.8, 4) is 0 Å². The van der Waals surface area contributed by atoms with Gasteiger partial charge in [-0.3, -0.25) is 0 Å². The van der Waals surface area contributed by atoms with E-state index in [1.165, 1.54) is 0 Å². The average molecular weight is 352 g/mol. The van der Waals surface area contributed by atoms with Gasteiger partial charge in [-0.1, -0.05) is 49.0 Å². The average Bonchev–Trinajstić information content (AvgIpc) is 2.69. The Kier molecular flexibility index (Phi) is 6.58. The van der Waals surface area contributed by atoms with E-state index in [4.69, 9.17) is 14.2 Å². The number of esters is 1. The summed E-state index contributed by atoms with van der Waals surface area (Å²) in [6.07, 6.45) is 1.45. The summed E-state index contributed by atoms with van der Waals surface area (Å²) in [5.41, 5.74) is 3.38. The van der Waals surface area contributed by atoms with Crippen molar-refractivity contribution in [2.24, 2.45) is 0 Å². The summed E-state index contributed by atoms with van der Waals surface area (Å²) < 4.78 is 16.6. The third-order valence-electron chi connectivity index (χ3n) is 4.34. The molecule has 0 aromatic heterocycles. The van der Waals surface area contributed by atoms with Crippen LogP contribution in [0.1, 0.15) is 34.3 Å². The summed E-state index contributed by atoms with van der Waals surface area (Å²) >= 11 is 0. The molecule has 4 heteroatoms. The molecule has 0 radical (unpaired) electrons. The third kappa shape index (κ3) is 5.28. The molecule has 0 N–H and O–H groups in total. The molecule has 4 nitrogen and oxygen atoms in total. The van der Waals surface area contributed by atoms with E-state index in [1.54, 1.807) is 6.07 Å². The number of rotatable bonds is 7. The van der Waals surface area contributed by atoms with E-state index in [1.807, 2.05) is 48.5 Å². The van der Waals surface area contributed by atoms with Gasteiger partial charge in [-0.15, -0.1) is 0 Å². The van der Waals surface area contributed by atoms with Crippen LogP contribution in [-0.4, -0.2) is 31.9 Å². The first kappa shape index (κ1) is 18.4. The van der Waals surface area contributed by atoms with Crippen LogP contribution in [-0.2, 0) is 20.8 Å². The predicted octanol–water partition coefficient (Wildman–Crippen LogP) is 4.25. The van der Waals surface area contributed by atoms with Gasteiger partial charge in [0.25, 0.3) is 0 Å². The summed E-state index contributed by atoms with van der Waals surface area (Å²) in [7, 11) is 0. The molecule has 0 unspecified atom stereocenters. The molecule has 1 fully saturated rings. The molecule has 0 amide bonds. The topological polar surface area (TPSA) is 44.8 Å². The molecule has 1 saturated heterocycles. The molecule has 0 atom stereocenters. The molecule has 0 bridgehead atoms. The maximum Gasteiger partial charge on any atom is 0.338 e. The Hall–Kier alpha value is -2.43. The SMILES string of the molecule is C=C(COCc1ccccc1)c1cccc(C(=O)OC2CCOCC2)c1. The van der Waals surface area contributed by atoms with E-state index in [9.17, 15) is 4.79 Å². The van der Waals surface area contributed by atoms with Crippen LogP contribution in [0.4, 0.5) is 0 Å². The maximum absolute atomic E-state index is 12.4. The molecule has 1 aliphatic rings. The molecule has 0 spiro atoms. The Morgan fingerprint density at radius 1 is 1.04 bits per heavy atom. The van der Waals surface area contributed by atoms with Crippen LogP contribution in [0.5, 0.6) is 0 Å². The minimum atomic E-state index is -0.295. The lowest BCUT2D eigenvalue weighted by molar-refractivity contribution is -0.0159. The molecule has 1 heterocycles. The van der Waals surface area contributed by atoms with Crippen molar-refractivity contribution in [1.29, 1.82) is 0 Å². The zero-order chi connectivity index (χ0) is 18.2. The lowest BCUT2D eigenvalue weighted by Gasteiger charge is -2.22. The third-order valence-corrected chi connectivity index (χ3v) is 4.34. The number of carbonyl (C=O) groups is 1. The quantitative estimate of drug-likeness (QED) is 0.699. The number of ether oxygens (including phenoxy) is 3. The first-order valence-electron chi connectivity index (χ1n) is 8.91. The van der Waals surface area contributed by atoms with Gasteiger partial charge in [0, 0.05) is 12.8 Å². The normalized spacial score (nSPS) is 14.8. The molecule has 0 saturated carbocycles. The number of benzene rings is 2. The summed E-state index contributed by atoms with van der Waals surface area (Å²) in [6.45, 7) is 6.31.